The molecule has 0 amide bonds. The van der Waals surface area contributed by atoms with Crippen LogP contribution in [0.1, 0.15) is 16.7 Å². The second-order valence-corrected chi connectivity index (χ2v) is 10.4. The van der Waals surface area contributed by atoms with Crippen LogP contribution < -0.4 is 19.5 Å². The maximum absolute atomic E-state index is 15.4. The monoisotopic (exact) mass is 533 g/mol. The van der Waals surface area contributed by atoms with Gasteiger partial charge in [-0.15, -0.1) is 0 Å². The summed E-state index contributed by atoms with van der Waals surface area (Å²) in [5.74, 6) is 0.877. The number of nitriles is 1. The SMILES string of the molecule is CNCc1cc(-c2ccc(OCc3cccc4c3OCCO4)cc2F)n(S(=O)(=O)c2cccc(C#N)c2)c1. The molecule has 38 heavy (non-hydrogen) atoms. The van der Waals surface area contributed by atoms with Gasteiger partial charge in [-0.2, -0.15) is 5.26 Å². The van der Waals surface area contributed by atoms with Crippen LogP contribution in [0.2, 0.25) is 0 Å². The molecular formula is C28H24FN3O5S. The smallest absolute Gasteiger partial charge is 0.268 e. The second-order valence-electron chi connectivity index (χ2n) is 8.58. The highest BCUT2D eigenvalue weighted by molar-refractivity contribution is 7.90. The summed E-state index contributed by atoms with van der Waals surface area (Å²) in [7, 11) is -2.38. The zero-order valence-corrected chi connectivity index (χ0v) is 21.3. The zero-order chi connectivity index (χ0) is 26.7. The number of rotatable bonds is 8. The van der Waals surface area contributed by atoms with Gasteiger partial charge in [-0.25, -0.2) is 16.8 Å². The van der Waals surface area contributed by atoms with E-state index in [-0.39, 0.29) is 34.1 Å². The fraction of sp³-hybridized carbons (Fsp3) is 0.179. The molecule has 0 bridgehead atoms. The van der Waals surface area contributed by atoms with Gasteiger partial charge in [-0.1, -0.05) is 18.2 Å². The van der Waals surface area contributed by atoms with Crippen LogP contribution in [0.3, 0.4) is 0 Å². The van der Waals surface area contributed by atoms with Crippen LogP contribution in [0, 0.1) is 17.1 Å². The first kappa shape index (κ1) is 25.3. The molecule has 0 unspecified atom stereocenters. The Morgan fingerprint density at radius 1 is 1.08 bits per heavy atom. The molecule has 0 atom stereocenters. The average Bonchev–Trinajstić information content (AvgIpc) is 3.36. The van der Waals surface area contributed by atoms with E-state index in [1.165, 1.54) is 42.6 Å². The van der Waals surface area contributed by atoms with Crippen molar-refractivity contribution >= 4 is 10.0 Å². The molecule has 2 heterocycles. The summed E-state index contributed by atoms with van der Waals surface area (Å²) in [5, 5.41) is 12.2. The van der Waals surface area contributed by atoms with Gasteiger partial charge in [0.25, 0.3) is 10.0 Å². The summed E-state index contributed by atoms with van der Waals surface area (Å²) < 4.78 is 60.7. The topological polar surface area (TPSA) is 103 Å². The molecule has 1 aliphatic heterocycles. The first-order valence-corrected chi connectivity index (χ1v) is 13.3. The maximum atomic E-state index is 15.4. The maximum Gasteiger partial charge on any atom is 0.268 e. The molecule has 1 aromatic heterocycles. The molecule has 5 rings (SSSR count). The van der Waals surface area contributed by atoms with Gasteiger partial charge in [-0.3, -0.25) is 0 Å². The molecule has 4 aromatic rings. The van der Waals surface area contributed by atoms with Gasteiger partial charge in [0, 0.05) is 29.9 Å². The van der Waals surface area contributed by atoms with Gasteiger partial charge < -0.3 is 19.5 Å². The van der Waals surface area contributed by atoms with E-state index in [1.54, 1.807) is 19.2 Å². The second kappa shape index (κ2) is 10.6. The van der Waals surface area contributed by atoms with Crippen LogP contribution >= 0.6 is 0 Å². The highest BCUT2D eigenvalue weighted by Crippen LogP contribution is 2.35. The van der Waals surface area contributed by atoms with Crippen molar-refractivity contribution in [3.63, 3.8) is 0 Å². The zero-order valence-electron chi connectivity index (χ0n) is 20.5. The van der Waals surface area contributed by atoms with E-state index < -0.39 is 15.8 Å². The third kappa shape index (κ3) is 4.94. The first-order chi connectivity index (χ1) is 18.4. The van der Waals surface area contributed by atoms with Crippen LogP contribution in [0.25, 0.3) is 11.3 Å². The Hall–Kier alpha value is -4.33. The molecule has 0 aliphatic carbocycles. The standard InChI is InChI=1S/C28H24FN3O5S/c1-31-16-20-13-26(32(17-20)38(33,34)23-6-2-4-19(12-23)15-30)24-9-8-22(14-25(24)29)37-18-21-5-3-7-27-28(21)36-11-10-35-27/h2-9,12-14,17,31H,10-11,16,18H2,1H3. The molecule has 194 valence electrons. The molecule has 3 aromatic carbocycles. The van der Waals surface area contributed by atoms with Crippen LogP contribution in [-0.4, -0.2) is 32.7 Å². The number of nitrogens with one attached hydrogen (secondary N) is 1. The Morgan fingerprint density at radius 2 is 1.89 bits per heavy atom. The van der Waals surface area contributed by atoms with Crippen molar-refractivity contribution in [2.45, 2.75) is 18.0 Å². The molecule has 0 radical (unpaired) electrons. The molecular weight excluding hydrogens is 509 g/mol. The summed E-state index contributed by atoms with van der Waals surface area (Å²) >= 11 is 0. The summed E-state index contributed by atoms with van der Waals surface area (Å²) in [4.78, 5) is -0.0674. The minimum Gasteiger partial charge on any atom is -0.489 e. The number of hydrogen-bond donors (Lipinski definition) is 1. The van der Waals surface area contributed by atoms with E-state index in [0.717, 1.165) is 9.54 Å². The lowest BCUT2D eigenvalue weighted by Gasteiger charge is -2.21. The summed E-state index contributed by atoms with van der Waals surface area (Å²) in [5.41, 5.74) is 1.87. The summed E-state index contributed by atoms with van der Waals surface area (Å²) in [6, 6.07) is 19.1. The first-order valence-electron chi connectivity index (χ1n) is 11.8. The van der Waals surface area contributed by atoms with Crippen molar-refractivity contribution in [2.75, 3.05) is 20.3 Å². The summed E-state index contributed by atoms with van der Waals surface area (Å²) in [6.07, 6.45) is 1.45. The lowest BCUT2D eigenvalue weighted by molar-refractivity contribution is 0.166. The van der Waals surface area contributed by atoms with Gasteiger partial charge in [0.15, 0.2) is 11.5 Å². The Kier molecular flexibility index (Phi) is 7.05. The molecule has 0 fully saturated rings. The number of para-hydroxylation sites is 1. The van der Waals surface area contributed by atoms with Crippen molar-refractivity contribution in [1.29, 1.82) is 5.26 Å². The molecule has 10 heteroatoms. The predicted octanol–water partition coefficient (Wildman–Crippen LogP) is 4.47. The van der Waals surface area contributed by atoms with Crippen LogP contribution in [0.15, 0.2) is 77.8 Å². The number of fused-ring (bicyclic) bond motifs is 1. The third-order valence-electron chi connectivity index (χ3n) is 6.00. The van der Waals surface area contributed by atoms with E-state index in [4.69, 9.17) is 14.2 Å². The normalized spacial score (nSPS) is 12.7. The van der Waals surface area contributed by atoms with Gasteiger partial charge in [-0.05, 0) is 55.1 Å². The number of halogens is 1. The molecule has 8 nitrogen and oxygen atoms in total. The number of aromatic nitrogens is 1. The van der Waals surface area contributed by atoms with E-state index in [0.29, 0.717) is 36.8 Å². The van der Waals surface area contributed by atoms with Crippen LogP contribution in [-0.2, 0) is 23.2 Å². The number of benzene rings is 3. The summed E-state index contributed by atoms with van der Waals surface area (Å²) in [6.45, 7) is 1.43. The predicted molar refractivity (Wildman–Crippen MR) is 138 cm³/mol. The van der Waals surface area contributed by atoms with Gasteiger partial charge in [0.2, 0.25) is 0 Å². The minimum atomic E-state index is -4.12. The number of ether oxygens (including phenoxy) is 3. The third-order valence-corrected chi connectivity index (χ3v) is 7.67. The largest absolute Gasteiger partial charge is 0.489 e. The fourth-order valence-corrected chi connectivity index (χ4v) is 5.67. The highest BCUT2D eigenvalue weighted by Gasteiger charge is 2.24. The van der Waals surface area contributed by atoms with Crippen LogP contribution in [0.5, 0.6) is 17.2 Å². The number of hydrogen-bond acceptors (Lipinski definition) is 7. The fourth-order valence-electron chi connectivity index (χ4n) is 4.23. The molecule has 1 N–H and O–H groups in total. The minimum absolute atomic E-state index is 0.0674. The van der Waals surface area contributed by atoms with Gasteiger partial charge >= 0.3 is 0 Å². The molecule has 1 aliphatic rings. The van der Waals surface area contributed by atoms with Crippen LogP contribution in [0.4, 0.5) is 4.39 Å². The average molecular weight is 534 g/mol. The number of nitrogens with zero attached hydrogens (tertiary/aromatic N) is 2. The van der Waals surface area contributed by atoms with Crippen molar-refractivity contribution < 1.29 is 27.0 Å². The van der Waals surface area contributed by atoms with E-state index in [9.17, 15) is 13.7 Å². The van der Waals surface area contributed by atoms with Gasteiger partial charge in [0.1, 0.15) is 31.4 Å². The molecule has 0 saturated carbocycles. The van der Waals surface area contributed by atoms with Crippen molar-refractivity contribution in [3.05, 3.63) is 95.4 Å². The Morgan fingerprint density at radius 3 is 2.68 bits per heavy atom. The lowest BCUT2D eigenvalue weighted by Crippen LogP contribution is -2.17. The lowest BCUT2D eigenvalue weighted by atomic mass is 10.1. The van der Waals surface area contributed by atoms with E-state index in [2.05, 4.69) is 5.32 Å². The highest BCUT2D eigenvalue weighted by atomic mass is 32.2. The van der Waals surface area contributed by atoms with Gasteiger partial charge in [0.05, 0.1) is 22.2 Å². The molecule has 0 spiro atoms. The van der Waals surface area contributed by atoms with Crippen molar-refractivity contribution in [1.82, 2.24) is 9.29 Å². The van der Waals surface area contributed by atoms with E-state index in [1.807, 2.05) is 24.3 Å². The van der Waals surface area contributed by atoms with Crippen molar-refractivity contribution in [3.8, 4) is 34.6 Å². The van der Waals surface area contributed by atoms with E-state index >= 15 is 4.39 Å². The van der Waals surface area contributed by atoms with Crippen molar-refractivity contribution in [2.24, 2.45) is 0 Å². The Balaban J connectivity index is 1.46. The Labute approximate surface area is 219 Å². The quantitative estimate of drug-likeness (QED) is 0.356. The molecule has 0 saturated heterocycles. The Bertz CT molecular complexity index is 1640.